The first-order valence-corrected chi connectivity index (χ1v) is 5.22. The molecule has 0 bridgehead atoms. The molecule has 0 fully saturated rings. The van der Waals surface area contributed by atoms with Crippen LogP contribution >= 0.6 is 0 Å². The zero-order valence-corrected chi connectivity index (χ0v) is 9.06. The number of carbonyl (C=O) groups excluding carboxylic acids is 1. The highest BCUT2D eigenvalue weighted by molar-refractivity contribution is 5.69. The highest BCUT2D eigenvalue weighted by Crippen LogP contribution is 2.04. The van der Waals surface area contributed by atoms with E-state index >= 15 is 0 Å². The third-order valence-corrected chi connectivity index (χ3v) is 1.92. The Morgan fingerprint density at radius 2 is 2.00 bits per heavy atom. The standard InChI is InChI=1S/C10H20O5/c1-2-3-4-15-10(14)6-8(12)5-9(13)7-11/h8-9,11-13H,2-7H2,1H3. The Kier molecular flexibility index (Phi) is 8.27. The molecule has 0 rings (SSSR count). The molecule has 0 radical (unpaired) electrons. The predicted molar refractivity (Wildman–Crippen MR) is 54.2 cm³/mol. The molecule has 0 spiro atoms. The van der Waals surface area contributed by atoms with Crippen LogP contribution in [0.3, 0.4) is 0 Å². The lowest BCUT2D eigenvalue weighted by Crippen LogP contribution is -2.24. The number of aliphatic hydroxyl groups excluding tert-OH is 3. The van der Waals surface area contributed by atoms with Gasteiger partial charge in [0.25, 0.3) is 0 Å². The minimum absolute atomic E-state index is 0.0145. The Balaban J connectivity index is 3.57. The molecule has 15 heavy (non-hydrogen) atoms. The van der Waals surface area contributed by atoms with E-state index < -0.39 is 24.8 Å². The molecule has 5 nitrogen and oxygen atoms in total. The van der Waals surface area contributed by atoms with Gasteiger partial charge in [0.15, 0.2) is 0 Å². The van der Waals surface area contributed by atoms with E-state index in [0.717, 1.165) is 12.8 Å². The van der Waals surface area contributed by atoms with Crippen molar-refractivity contribution in [3.05, 3.63) is 0 Å². The molecule has 2 unspecified atom stereocenters. The summed E-state index contributed by atoms with van der Waals surface area (Å²) in [6.45, 7) is 1.94. The number of hydrogen-bond donors (Lipinski definition) is 3. The van der Waals surface area contributed by atoms with Gasteiger partial charge in [0.2, 0.25) is 0 Å². The van der Waals surface area contributed by atoms with Crippen LogP contribution in [-0.2, 0) is 9.53 Å². The Labute approximate surface area is 89.7 Å². The highest BCUT2D eigenvalue weighted by atomic mass is 16.5. The van der Waals surface area contributed by atoms with Gasteiger partial charge in [-0.1, -0.05) is 13.3 Å². The van der Waals surface area contributed by atoms with Crippen molar-refractivity contribution in [2.75, 3.05) is 13.2 Å². The van der Waals surface area contributed by atoms with Crippen LogP contribution < -0.4 is 0 Å². The predicted octanol–water partition coefficient (Wildman–Crippen LogP) is -0.176. The Bertz CT molecular complexity index is 171. The van der Waals surface area contributed by atoms with Gasteiger partial charge in [-0.3, -0.25) is 4.79 Å². The molecule has 90 valence electrons. The summed E-state index contributed by atoms with van der Waals surface area (Å²) in [5.74, 6) is -0.471. The highest BCUT2D eigenvalue weighted by Gasteiger charge is 2.15. The zero-order chi connectivity index (χ0) is 11.7. The van der Waals surface area contributed by atoms with Gasteiger partial charge < -0.3 is 20.1 Å². The van der Waals surface area contributed by atoms with E-state index in [9.17, 15) is 9.90 Å². The van der Waals surface area contributed by atoms with E-state index in [1.807, 2.05) is 6.92 Å². The third kappa shape index (κ3) is 8.35. The third-order valence-electron chi connectivity index (χ3n) is 1.92. The van der Waals surface area contributed by atoms with Crippen LogP contribution in [0.5, 0.6) is 0 Å². The van der Waals surface area contributed by atoms with Crippen LogP contribution in [0, 0.1) is 0 Å². The van der Waals surface area contributed by atoms with Crippen LogP contribution in [0.25, 0.3) is 0 Å². The summed E-state index contributed by atoms with van der Waals surface area (Å²) >= 11 is 0. The quantitative estimate of drug-likeness (QED) is 0.390. The average Bonchev–Trinajstić information content (AvgIpc) is 2.17. The normalized spacial score (nSPS) is 14.7. The van der Waals surface area contributed by atoms with Crippen molar-refractivity contribution < 1.29 is 24.9 Å². The van der Waals surface area contributed by atoms with Crippen molar-refractivity contribution >= 4 is 5.97 Å². The number of ether oxygens (including phenoxy) is 1. The summed E-state index contributed by atoms with van der Waals surface area (Å²) in [4.78, 5) is 11.1. The Morgan fingerprint density at radius 1 is 1.33 bits per heavy atom. The van der Waals surface area contributed by atoms with Crippen molar-refractivity contribution in [3.63, 3.8) is 0 Å². The van der Waals surface area contributed by atoms with Gasteiger partial charge in [-0.05, 0) is 6.42 Å². The van der Waals surface area contributed by atoms with Gasteiger partial charge in [-0.15, -0.1) is 0 Å². The summed E-state index contributed by atoms with van der Waals surface area (Å²) in [6.07, 6.45) is -0.343. The number of rotatable bonds is 8. The summed E-state index contributed by atoms with van der Waals surface area (Å²) in [6, 6.07) is 0. The van der Waals surface area contributed by atoms with E-state index in [1.165, 1.54) is 0 Å². The summed E-state index contributed by atoms with van der Waals surface area (Å²) in [5.41, 5.74) is 0. The SMILES string of the molecule is CCCCOC(=O)CC(O)CC(O)CO. The van der Waals surface area contributed by atoms with Gasteiger partial charge in [0, 0.05) is 6.42 Å². The van der Waals surface area contributed by atoms with Crippen molar-refractivity contribution in [3.8, 4) is 0 Å². The summed E-state index contributed by atoms with van der Waals surface area (Å²) in [5, 5.41) is 26.8. The maximum absolute atomic E-state index is 11.1. The molecule has 0 aromatic rings. The molecule has 0 saturated heterocycles. The molecule has 0 heterocycles. The van der Waals surface area contributed by atoms with Gasteiger partial charge in [0.1, 0.15) is 0 Å². The van der Waals surface area contributed by atoms with E-state index in [1.54, 1.807) is 0 Å². The molecular weight excluding hydrogens is 200 g/mol. The second-order valence-electron chi connectivity index (χ2n) is 3.50. The lowest BCUT2D eigenvalue weighted by atomic mass is 10.1. The van der Waals surface area contributed by atoms with Crippen LogP contribution in [0.2, 0.25) is 0 Å². The largest absolute Gasteiger partial charge is 0.466 e. The van der Waals surface area contributed by atoms with Crippen molar-refractivity contribution in [2.24, 2.45) is 0 Å². The lowest BCUT2D eigenvalue weighted by molar-refractivity contribution is -0.146. The first-order valence-electron chi connectivity index (χ1n) is 5.22. The first-order chi connectivity index (χ1) is 7.10. The molecular formula is C10H20O5. The fourth-order valence-electron chi connectivity index (χ4n) is 1.05. The first kappa shape index (κ1) is 14.3. The second-order valence-corrected chi connectivity index (χ2v) is 3.50. The average molecular weight is 220 g/mol. The number of aliphatic hydroxyl groups is 3. The van der Waals surface area contributed by atoms with Crippen LogP contribution in [-0.4, -0.2) is 46.7 Å². The molecule has 0 aliphatic carbocycles. The second kappa shape index (κ2) is 8.64. The molecule has 0 aromatic heterocycles. The van der Waals surface area contributed by atoms with Crippen LogP contribution in [0.15, 0.2) is 0 Å². The number of esters is 1. The van der Waals surface area contributed by atoms with Crippen LogP contribution in [0.4, 0.5) is 0 Å². The monoisotopic (exact) mass is 220 g/mol. The Hall–Kier alpha value is -0.650. The zero-order valence-electron chi connectivity index (χ0n) is 9.06. The molecule has 2 atom stereocenters. The Morgan fingerprint density at radius 3 is 2.53 bits per heavy atom. The van der Waals surface area contributed by atoms with Crippen molar-refractivity contribution in [1.29, 1.82) is 0 Å². The number of unbranched alkanes of at least 4 members (excludes halogenated alkanes) is 1. The van der Waals surface area contributed by atoms with Gasteiger partial charge in [-0.2, -0.15) is 0 Å². The summed E-state index contributed by atoms with van der Waals surface area (Å²) < 4.78 is 4.83. The van der Waals surface area contributed by atoms with E-state index in [0.29, 0.717) is 6.61 Å². The van der Waals surface area contributed by atoms with Crippen LogP contribution in [0.1, 0.15) is 32.6 Å². The maximum Gasteiger partial charge on any atom is 0.308 e. The molecule has 0 aliphatic heterocycles. The molecule has 0 aromatic carbocycles. The lowest BCUT2D eigenvalue weighted by Gasteiger charge is -2.13. The fourth-order valence-corrected chi connectivity index (χ4v) is 1.05. The summed E-state index contributed by atoms with van der Waals surface area (Å²) in [7, 11) is 0. The molecule has 0 amide bonds. The van der Waals surface area contributed by atoms with Gasteiger partial charge in [-0.25, -0.2) is 0 Å². The smallest absolute Gasteiger partial charge is 0.308 e. The molecule has 0 saturated carbocycles. The van der Waals surface area contributed by atoms with Crippen molar-refractivity contribution in [1.82, 2.24) is 0 Å². The minimum Gasteiger partial charge on any atom is -0.466 e. The number of hydrogen-bond acceptors (Lipinski definition) is 5. The molecule has 0 aliphatic rings. The maximum atomic E-state index is 11.1. The van der Waals surface area contributed by atoms with E-state index in [-0.39, 0.29) is 12.8 Å². The topological polar surface area (TPSA) is 87.0 Å². The van der Waals surface area contributed by atoms with Crippen molar-refractivity contribution in [2.45, 2.75) is 44.8 Å². The van der Waals surface area contributed by atoms with E-state index in [2.05, 4.69) is 0 Å². The number of carbonyl (C=O) groups is 1. The van der Waals surface area contributed by atoms with Gasteiger partial charge >= 0.3 is 5.97 Å². The minimum atomic E-state index is -0.983. The van der Waals surface area contributed by atoms with Gasteiger partial charge in [0.05, 0.1) is 31.8 Å². The van der Waals surface area contributed by atoms with E-state index in [4.69, 9.17) is 14.9 Å². The fraction of sp³-hybridized carbons (Fsp3) is 0.900. The molecule has 5 heteroatoms. The molecule has 3 N–H and O–H groups in total.